The molecule has 0 bridgehead atoms. The summed E-state index contributed by atoms with van der Waals surface area (Å²) in [6.45, 7) is 0. The fourth-order valence-electron chi connectivity index (χ4n) is 2.33. The van der Waals surface area contributed by atoms with Crippen molar-refractivity contribution in [3.8, 4) is 23.0 Å². The van der Waals surface area contributed by atoms with E-state index in [0.29, 0.717) is 11.1 Å². The second kappa shape index (κ2) is 8.39. The molecule has 9 nitrogen and oxygen atoms in total. The summed E-state index contributed by atoms with van der Waals surface area (Å²) in [7, 11) is 0. The fraction of sp³-hybridized carbons (Fsp3) is 0.222. The molecule has 0 heterocycles. The number of phenols is 3. The van der Waals surface area contributed by atoms with Gasteiger partial charge in [0.25, 0.3) is 0 Å². The first-order chi connectivity index (χ1) is 12.7. The average molecular weight is 376 g/mol. The van der Waals surface area contributed by atoms with Crippen LogP contribution in [0.4, 0.5) is 0 Å². The maximum absolute atomic E-state index is 12.1. The third kappa shape index (κ3) is 5.33. The molecular weight excluding hydrogens is 356 g/mol. The van der Waals surface area contributed by atoms with Crippen molar-refractivity contribution >= 4 is 11.9 Å². The molecule has 0 aliphatic carbocycles. The number of hydrogen-bond donors (Lipinski definition) is 6. The van der Waals surface area contributed by atoms with Crippen LogP contribution in [0.3, 0.4) is 0 Å². The third-order valence-corrected chi connectivity index (χ3v) is 3.80. The van der Waals surface area contributed by atoms with Crippen molar-refractivity contribution < 1.29 is 34.8 Å². The van der Waals surface area contributed by atoms with Gasteiger partial charge in [0.15, 0.2) is 23.0 Å². The first kappa shape index (κ1) is 20.0. The highest BCUT2D eigenvalue weighted by molar-refractivity contribution is 5.79. The molecule has 0 spiro atoms. The number of ether oxygens (including phenoxy) is 1. The minimum atomic E-state index is -1.17. The van der Waals surface area contributed by atoms with E-state index in [1.54, 1.807) is 0 Å². The van der Waals surface area contributed by atoms with Gasteiger partial charge in [0.2, 0.25) is 0 Å². The van der Waals surface area contributed by atoms with E-state index < -0.39 is 24.0 Å². The highest BCUT2D eigenvalue weighted by atomic mass is 16.5. The zero-order valence-corrected chi connectivity index (χ0v) is 14.2. The Morgan fingerprint density at radius 1 is 0.852 bits per heavy atom. The molecule has 0 aromatic heterocycles. The molecule has 0 radical (unpaired) electrons. The van der Waals surface area contributed by atoms with Gasteiger partial charge in [-0.25, -0.2) is 4.79 Å². The Morgan fingerprint density at radius 3 is 1.96 bits per heavy atom. The number of rotatable bonds is 7. The van der Waals surface area contributed by atoms with E-state index in [4.69, 9.17) is 21.3 Å². The number of carbonyl (C=O) groups excluding carboxylic acids is 1. The van der Waals surface area contributed by atoms with Gasteiger partial charge in [0, 0.05) is 0 Å². The van der Waals surface area contributed by atoms with Gasteiger partial charge in [0.1, 0.15) is 12.1 Å². The smallest absolute Gasteiger partial charge is 0.328 e. The number of nitrogens with two attached hydrogens (primary N) is 2. The van der Waals surface area contributed by atoms with E-state index in [9.17, 15) is 24.9 Å². The van der Waals surface area contributed by atoms with E-state index in [1.807, 2.05) is 0 Å². The first-order valence-electron chi connectivity index (χ1n) is 7.95. The standard InChI is InChI=1S/C18H20N2O7/c19-11(17(24)25)5-10-2-4-16(15(23)8-10)27-18(26)12(20)6-9-1-3-13(21)14(22)7-9/h1-4,7-8,11-12,21-23H,5-6,19-20H2,(H,24,25)/t11-,12-/m0/s1. The molecule has 2 atom stereocenters. The third-order valence-electron chi connectivity index (χ3n) is 3.80. The number of carbonyl (C=O) groups is 2. The molecule has 0 fully saturated rings. The quantitative estimate of drug-likeness (QED) is 0.224. The van der Waals surface area contributed by atoms with Crippen molar-refractivity contribution in [2.75, 3.05) is 0 Å². The monoisotopic (exact) mass is 376 g/mol. The van der Waals surface area contributed by atoms with Gasteiger partial charge in [-0.1, -0.05) is 12.1 Å². The summed E-state index contributed by atoms with van der Waals surface area (Å²) in [5.74, 6) is -3.09. The molecule has 27 heavy (non-hydrogen) atoms. The van der Waals surface area contributed by atoms with Crippen molar-refractivity contribution in [2.45, 2.75) is 24.9 Å². The number of hydrogen-bond acceptors (Lipinski definition) is 8. The average Bonchev–Trinajstić information content (AvgIpc) is 2.60. The number of benzene rings is 2. The molecule has 2 aromatic rings. The van der Waals surface area contributed by atoms with Crippen molar-refractivity contribution in [3.05, 3.63) is 47.5 Å². The Labute approximate surface area is 154 Å². The molecule has 0 saturated heterocycles. The predicted molar refractivity (Wildman–Crippen MR) is 94.5 cm³/mol. The molecule has 0 aliphatic heterocycles. The topological polar surface area (TPSA) is 176 Å². The highest BCUT2D eigenvalue weighted by Gasteiger charge is 2.20. The van der Waals surface area contributed by atoms with Crippen LogP contribution in [0.1, 0.15) is 11.1 Å². The summed E-state index contributed by atoms with van der Waals surface area (Å²) < 4.78 is 5.07. The lowest BCUT2D eigenvalue weighted by Crippen LogP contribution is -2.36. The molecule has 2 rings (SSSR count). The molecule has 0 saturated carbocycles. The second-order valence-electron chi connectivity index (χ2n) is 6.01. The predicted octanol–water partition coefficient (Wildman–Crippen LogP) is 0.233. The van der Waals surface area contributed by atoms with Gasteiger partial charge >= 0.3 is 11.9 Å². The van der Waals surface area contributed by atoms with E-state index in [1.165, 1.54) is 36.4 Å². The van der Waals surface area contributed by atoms with E-state index in [2.05, 4.69) is 0 Å². The minimum Gasteiger partial charge on any atom is -0.504 e. The summed E-state index contributed by atoms with van der Waals surface area (Å²) in [5, 5.41) is 37.5. The van der Waals surface area contributed by atoms with Crippen LogP contribution in [0, 0.1) is 0 Å². The van der Waals surface area contributed by atoms with Crippen LogP contribution in [0.15, 0.2) is 36.4 Å². The lowest BCUT2D eigenvalue weighted by molar-refractivity contribution is -0.138. The van der Waals surface area contributed by atoms with Crippen LogP contribution in [0.5, 0.6) is 23.0 Å². The molecule has 9 heteroatoms. The maximum Gasteiger partial charge on any atom is 0.328 e. The lowest BCUT2D eigenvalue weighted by atomic mass is 10.1. The Morgan fingerprint density at radius 2 is 1.41 bits per heavy atom. The van der Waals surface area contributed by atoms with Crippen LogP contribution < -0.4 is 16.2 Å². The number of carboxylic acids is 1. The van der Waals surface area contributed by atoms with Crippen LogP contribution in [0.25, 0.3) is 0 Å². The number of aromatic hydroxyl groups is 3. The fourth-order valence-corrected chi connectivity index (χ4v) is 2.33. The normalized spacial score (nSPS) is 13.0. The van der Waals surface area contributed by atoms with Crippen molar-refractivity contribution in [3.63, 3.8) is 0 Å². The van der Waals surface area contributed by atoms with E-state index >= 15 is 0 Å². The molecule has 144 valence electrons. The van der Waals surface area contributed by atoms with Gasteiger partial charge in [-0.15, -0.1) is 0 Å². The summed E-state index contributed by atoms with van der Waals surface area (Å²) >= 11 is 0. The molecular formula is C18H20N2O7. The Kier molecular flexibility index (Phi) is 6.22. The largest absolute Gasteiger partial charge is 0.504 e. The summed E-state index contributed by atoms with van der Waals surface area (Å²) in [5.41, 5.74) is 12.2. The zero-order chi connectivity index (χ0) is 20.1. The SMILES string of the molecule is N[C@@H](Cc1ccc(OC(=O)[C@@H](N)Cc2ccc(O)c(O)c2)c(O)c1)C(=O)O. The molecule has 0 unspecified atom stereocenters. The van der Waals surface area contributed by atoms with Gasteiger partial charge in [-0.3, -0.25) is 4.79 Å². The van der Waals surface area contributed by atoms with Crippen molar-refractivity contribution in [2.24, 2.45) is 11.5 Å². The van der Waals surface area contributed by atoms with Crippen LogP contribution in [-0.2, 0) is 22.4 Å². The number of carboxylic acid groups (broad SMARTS) is 1. The maximum atomic E-state index is 12.1. The Hall–Kier alpha value is -3.30. The zero-order valence-electron chi connectivity index (χ0n) is 14.2. The van der Waals surface area contributed by atoms with E-state index in [0.717, 1.165) is 0 Å². The molecule has 0 amide bonds. The summed E-state index contributed by atoms with van der Waals surface area (Å²) in [6.07, 6.45) is 0.0416. The molecule has 2 aromatic carbocycles. The number of aliphatic carboxylic acids is 1. The number of phenolic OH excluding ortho intramolecular Hbond substituents is 3. The van der Waals surface area contributed by atoms with Crippen LogP contribution in [0.2, 0.25) is 0 Å². The van der Waals surface area contributed by atoms with Crippen molar-refractivity contribution in [1.29, 1.82) is 0 Å². The minimum absolute atomic E-state index is 0.000971. The Balaban J connectivity index is 2.01. The van der Waals surface area contributed by atoms with Gasteiger partial charge in [-0.2, -0.15) is 0 Å². The lowest BCUT2D eigenvalue weighted by Gasteiger charge is -2.13. The van der Waals surface area contributed by atoms with Crippen molar-refractivity contribution in [1.82, 2.24) is 0 Å². The summed E-state index contributed by atoms with van der Waals surface area (Å²) in [4.78, 5) is 22.9. The van der Waals surface area contributed by atoms with Gasteiger partial charge in [0.05, 0.1) is 0 Å². The van der Waals surface area contributed by atoms with Gasteiger partial charge < -0.3 is 36.6 Å². The highest BCUT2D eigenvalue weighted by Crippen LogP contribution is 2.28. The van der Waals surface area contributed by atoms with Crippen LogP contribution >= 0.6 is 0 Å². The first-order valence-corrected chi connectivity index (χ1v) is 7.95. The second-order valence-corrected chi connectivity index (χ2v) is 6.01. The molecule has 0 aliphatic rings. The van der Waals surface area contributed by atoms with Crippen LogP contribution in [-0.4, -0.2) is 44.4 Å². The Bertz CT molecular complexity index is 854. The van der Waals surface area contributed by atoms with E-state index in [-0.39, 0.29) is 35.8 Å². The van der Waals surface area contributed by atoms with Gasteiger partial charge in [-0.05, 0) is 48.2 Å². The molecule has 8 N–H and O–H groups in total. The number of esters is 1. The summed E-state index contributed by atoms with van der Waals surface area (Å²) in [6, 6.07) is 5.91.